The Morgan fingerprint density at radius 3 is 3.00 bits per heavy atom. The maximum Gasteiger partial charge on any atom is 0.234 e. The van der Waals surface area contributed by atoms with Gasteiger partial charge in [0.1, 0.15) is 5.75 Å². The summed E-state index contributed by atoms with van der Waals surface area (Å²) in [6.45, 7) is 0.439. The largest absolute Gasteiger partial charge is 0.495 e. The van der Waals surface area contributed by atoms with E-state index in [1.54, 1.807) is 13.2 Å². The molecule has 14 heavy (non-hydrogen) atoms. The molecule has 0 saturated carbocycles. The van der Waals surface area contributed by atoms with E-state index in [0.717, 1.165) is 5.56 Å². The summed E-state index contributed by atoms with van der Waals surface area (Å²) < 4.78 is 5.05. The van der Waals surface area contributed by atoms with Crippen LogP contribution < -0.4 is 4.74 Å². The third-order valence-corrected chi connectivity index (χ3v) is 2.10. The topological polar surface area (TPSA) is 38.7 Å². The van der Waals surface area contributed by atoms with Crippen molar-refractivity contribution in [2.24, 2.45) is 4.99 Å². The number of benzene rings is 1. The first-order chi connectivity index (χ1) is 6.77. The standard InChI is InChI=1S/C10H10ClNO2/c1-14-10-6-8(2-3-9(10)11)4-5-12-7-13/h2-3,6H,4-5H2,1H3. The molecule has 0 bridgehead atoms. The molecule has 1 aromatic carbocycles. The smallest absolute Gasteiger partial charge is 0.234 e. The van der Waals surface area contributed by atoms with Crippen LogP contribution in [0.2, 0.25) is 5.02 Å². The number of hydrogen-bond acceptors (Lipinski definition) is 3. The molecule has 4 heteroatoms. The summed E-state index contributed by atoms with van der Waals surface area (Å²) in [5, 5.41) is 0.579. The molecule has 1 aromatic rings. The van der Waals surface area contributed by atoms with E-state index >= 15 is 0 Å². The second kappa shape index (κ2) is 5.43. The summed E-state index contributed by atoms with van der Waals surface area (Å²) in [6, 6.07) is 5.48. The number of aliphatic imine (C=N–C) groups is 1. The van der Waals surface area contributed by atoms with Crippen LogP contribution >= 0.6 is 11.6 Å². The SMILES string of the molecule is COc1cc(CCN=C=O)ccc1Cl. The molecule has 3 nitrogen and oxygen atoms in total. The average molecular weight is 212 g/mol. The zero-order valence-corrected chi connectivity index (χ0v) is 8.54. The highest BCUT2D eigenvalue weighted by molar-refractivity contribution is 6.32. The highest BCUT2D eigenvalue weighted by atomic mass is 35.5. The van der Waals surface area contributed by atoms with Gasteiger partial charge >= 0.3 is 0 Å². The summed E-state index contributed by atoms with van der Waals surface area (Å²) >= 11 is 5.85. The van der Waals surface area contributed by atoms with Crippen LogP contribution in [0, 0.1) is 0 Å². The minimum absolute atomic E-state index is 0.439. The zero-order chi connectivity index (χ0) is 10.4. The zero-order valence-electron chi connectivity index (χ0n) is 7.79. The number of nitrogens with zero attached hydrogens (tertiary/aromatic N) is 1. The van der Waals surface area contributed by atoms with Crippen LogP contribution in [0.25, 0.3) is 0 Å². The third-order valence-electron chi connectivity index (χ3n) is 1.79. The molecule has 0 fully saturated rings. The first-order valence-electron chi connectivity index (χ1n) is 4.14. The third kappa shape index (κ3) is 2.87. The molecule has 0 radical (unpaired) electrons. The monoisotopic (exact) mass is 211 g/mol. The Balaban J connectivity index is 2.73. The fourth-order valence-corrected chi connectivity index (χ4v) is 1.29. The Morgan fingerprint density at radius 1 is 1.57 bits per heavy atom. The van der Waals surface area contributed by atoms with Gasteiger partial charge in [0.15, 0.2) is 0 Å². The van der Waals surface area contributed by atoms with Gasteiger partial charge in [0.05, 0.1) is 18.7 Å². The molecule has 0 N–H and O–H groups in total. The number of ether oxygens (including phenoxy) is 1. The summed E-state index contributed by atoms with van der Waals surface area (Å²) in [5.74, 6) is 0.638. The fourth-order valence-electron chi connectivity index (χ4n) is 1.09. The van der Waals surface area contributed by atoms with Crippen molar-refractivity contribution >= 4 is 17.7 Å². The number of isocyanates is 1. The van der Waals surface area contributed by atoms with Gasteiger partial charge in [0.2, 0.25) is 6.08 Å². The van der Waals surface area contributed by atoms with Gasteiger partial charge in [-0.25, -0.2) is 9.79 Å². The van der Waals surface area contributed by atoms with Crippen molar-refractivity contribution in [3.05, 3.63) is 28.8 Å². The quantitative estimate of drug-likeness (QED) is 0.566. The summed E-state index contributed by atoms with van der Waals surface area (Å²) in [4.78, 5) is 13.3. The van der Waals surface area contributed by atoms with Crippen molar-refractivity contribution in [2.75, 3.05) is 13.7 Å². The molecule has 0 amide bonds. The molecule has 0 atom stereocenters. The van der Waals surface area contributed by atoms with E-state index < -0.39 is 0 Å². The molecule has 1 rings (SSSR count). The van der Waals surface area contributed by atoms with Crippen LogP contribution in [-0.2, 0) is 11.2 Å². The first kappa shape index (κ1) is 10.8. The van der Waals surface area contributed by atoms with E-state index in [4.69, 9.17) is 16.3 Å². The van der Waals surface area contributed by atoms with E-state index in [-0.39, 0.29) is 0 Å². The van der Waals surface area contributed by atoms with Gasteiger partial charge in [-0.1, -0.05) is 17.7 Å². The lowest BCUT2D eigenvalue weighted by atomic mass is 10.1. The normalized spacial score (nSPS) is 9.29. The van der Waals surface area contributed by atoms with Crippen LogP contribution in [0.1, 0.15) is 5.56 Å². The predicted molar refractivity (Wildman–Crippen MR) is 54.7 cm³/mol. The summed E-state index contributed by atoms with van der Waals surface area (Å²) in [7, 11) is 1.56. The van der Waals surface area contributed by atoms with Gasteiger partial charge in [-0.2, -0.15) is 0 Å². The van der Waals surface area contributed by atoms with E-state index in [1.807, 2.05) is 12.1 Å². The molecule has 0 aliphatic heterocycles. The van der Waals surface area contributed by atoms with Gasteiger partial charge in [-0.3, -0.25) is 0 Å². The Kier molecular flexibility index (Phi) is 4.17. The summed E-state index contributed by atoms with van der Waals surface area (Å²) in [6.07, 6.45) is 2.18. The Bertz CT molecular complexity index is 359. The van der Waals surface area contributed by atoms with E-state index in [1.165, 1.54) is 6.08 Å². The number of hydrogen-bond donors (Lipinski definition) is 0. The van der Waals surface area contributed by atoms with Crippen molar-refractivity contribution in [1.82, 2.24) is 0 Å². The van der Waals surface area contributed by atoms with Crippen LogP contribution in [0.15, 0.2) is 23.2 Å². The van der Waals surface area contributed by atoms with Gasteiger partial charge in [-0.15, -0.1) is 0 Å². The Labute approximate surface area is 87.4 Å². The molecule has 0 spiro atoms. The van der Waals surface area contributed by atoms with Crippen molar-refractivity contribution in [3.63, 3.8) is 0 Å². The minimum Gasteiger partial charge on any atom is -0.495 e. The Hall–Kier alpha value is -1.31. The molecular formula is C10H10ClNO2. The number of rotatable bonds is 4. The van der Waals surface area contributed by atoms with Crippen molar-refractivity contribution < 1.29 is 9.53 Å². The molecular weight excluding hydrogens is 202 g/mol. The highest BCUT2D eigenvalue weighted by Gasteiger charge is 2.01. The second-order valence-corrected chi connectivity index (χ2v) is 3.10. The van der Waals surface area contributed by atoms with E-state index in [2.05, 4.69) is 4.99 Å². The maximum absolute atomic E-state index is 9.83. The van der Waals surface area contributed by atoms with Crippen LogP contribution in [-0.4, -0.2) is 19.7 Å². The van der Waals surface area contributed by atoms with Crippen molar-refractivity contribution in [3.8, 4) is 5.75 Å². The maximum atomic E-state index is 9.83. The van der Waals surface area contributed by atoms with Crippen LogP contribution in [0.4, 0.5) is 0 Å². The minimum atomic E-state index is 0.439. The molecule has 0 heterocycles. The van der Waals surface area contributed by atoms with Gasteiger partial charge in [0.25, 0.3) is 0 Å². The number of carbonyl (C=O) groups excluding carboxylic acids is 1. The van der Waals surface area contributed by atoms with E-state index in [9.17, 15) is 4.79 Å². The Morgan fingerprint density at radius 2 is 2.36 bits per heavy atom. The molecule has 0 aromatic heterocycles. The fraction of sp³-hybridized carbons (Fsp3) is 0.300. The molecule has 0 unspecified atom stereocenters. The predicted octanol–water partition coefficient (Wildman–Crippen LogP) is 2.23. The first-order valence-corrected chi connectivity index (χ1v) is 4.51. The highest BCUT2D eigenvalue weighted by Crippen LogP contribution is 2.25. The van der Waals surface area contributed by atoms with Gasteiger partial charge in [-0.05, 0) is 24.1 Å². The number of methoxy groups -OCH3 is 1. The van der Waals surface area contributed by atoms with Crippen LogP contribution in [0.3, 0.4) is 0 Å². The van der Waals surface area contributed by atoms with E-state index in [0.29, 0.717) is 23.7 Å². The molecule has 0 saturated heterocycles. The van der Waals surface area contributed by atoms with Crippen molar-refractivity contribution in [1.29, 1.82) is 0 Å². The molecule has 0 aliphatic carbocycles. The van der Waals surface area contributed by atoms with Crippen molar-refractivity contribution in [2.45, 2.75) is 6.42 Å². The lowest BCUT2D eigenvalue weighted by Crippen LogP contribution is -1.91. The van der Waals surface area contributed by atoms with Gasteiger partial charge < -0.3 is 4.74 Å². The molecule has 0 aliphatic rings. The lowest BCUT2D eigenvalue weighted by molar-refractivity contribution is 0.414. The number of halogens is 1. The average Bonchev–Trinajstić information content (AvgIpc) is 2.21. The summed E-state index contributed by atoms with van der Waals surface area (Å²) in [5.41, 5.74) is 1.03. The van der Waals surface area contributed by atoms with Gasteiger partial charge in [0, 0.05) is 0 Å². The second-order valence-electron chi connectivity index (χ2n) is 2.69. The van der Waals surface area contributed by atoms with Crippen LogP contribution in [0.5, 0.6) is 5.75 Å². The molecule has 74 valence electrons. The lowest BCUT2D eigenvalue weighted by Gasteiger charge is -2.04.